The van der Waals surface area contributed by atoms with Crippen LogP contribution in [-0.2, 0) is 22.7 Å². The van der Waals surface area contributed by atoms with Gasteiger partial charge in [0.25, 0.3) is 0 Å². The average Bonchev–Trinajstić information content (AvgIpc) is 2.59. The first-order chi connectivity index (χ1) is 11.6. The summed E-state index contributed by atoms with van der Waals surface area (Å²) in [7, 11) is 0. The number of amides is 1. The van der Waals surface area contributed by atoms with Crippen LogP contribution >= 0.6 is 35.0 Å². The lowest BCUT2D eigenvalue weighted by molar-refractivity contribution is -0.118. The minimum Gasteiger partial charge on any atom is -0.377 e. The molecule has 1 amide bonds. The Balaban J connectivity index is 1.86. The zero-order chi connectivity index (χ0) is 17.4. The highest BCUT2D eigenvalue weighted by Gasteiger charge is 2.08. The molecule has 128 valence electrons. The van der Waals surface area contributed by atoms with E-state index < -0.39 is 0 Å². The van der Waals surface area contributed by atoms with Gasteiger partial charge in [0.1, 0.15) is 0 Å². The van der Waals surface area contributed by atoms with Gasteiger partial charge < -0.3 is 10.1 Å². The van der Waals surface area contributed by atoms with Gasteiger partial charge in [0.15, 0.2) is 0 Å². The minimum atomic E-state index is -0.0535. The van der Waals surface area contributed by atoms with Crippen LogP contribution in [0.5, 0.6) is 0 Å². The molecule has 0 heterocycles. The highest BCUT2D eigenvalue weighted by molar-refractivity contribution is 8.00. The Morgan fingerprint density at radius 3 is 2.67 bits per heavy atom. The molecule has 0 saturated carbocycles. The lowest BCUT2D eigenvalue weighted by Gasteiger charge is -2.11. The summed E-state index contributed by atoms with van der Waals surface area (Å²) in [6, 6.07) is 13.2. The van der Waals surface area contributed by atoms with E-state index in [1.54, 1.807) is 18.2 Å². The molecule has 2 aromatic carbocycles. The van der Waals surface area contributed by atoms with Crippen molar-refractivity contribution < 1.29 is 9.53 Å². The molecule has 3 nitrogen and oxygen atoms in total. The van der Waals surface area contributed by atoms with Crippen LogP contribution in [-0.4, -0.2) is 18.3 Å². The number of ether oxygens (including phenoxy) is 1. The minimum absolute atomic E-state index is 0.0535. The van der Waals surface area contributed by atoms with Gasteiger partial charge in [-0.15, -0.1) is 11.8 Å². The molecule has 0 bridgehead atoms. The summed E-state index contributed by atoms with van der Waals surface area (Å²) in [4.78, 5) is 12.9. The molecule has 0 aromatic heterocycles. The van der Waals surface area contributed by atoms with Gasteiger partial charge in [-0.25, -0.2) is 0 Å². The molecule has 0 atom stereocenters. The van der Waals surface area contributed by atoms with E-state index in [1.165, 1.54) is 11.8 Å². The van der Waals surface area contributed by atoms with Crippen molar-refractivity contribution in [2.24, 2.45) is 0 Å². The third kappa shape index (κ3) is 6.02. The van der Waals surface area contributed by atoms with E-state index in [1.807, 2.05) is 31.2 Å². The van der Waals surface area contributed by atoms with Crippen molar-refractivity contribution in [1.29, 1.82) is 0 Å². The third-order valence-electron chi connectivity index (χ3n) is 3.31. The summed E-state index contributed by atoms with van der Waals surface area (Å²) < 4.78 is 5.45. The maximum absolute atomic E-state index is 12.1. The molecule has 6 heteroatoms. The number of hydrogen-bond donors (Lipinski definition) is 1. The van der Waals surface area contributed by atoms with Crippen molar-refractivity contribution >= 4 is 40.9 Å². The first-order valence-corrected chi connectivity index (χ1v) is 9.33. The number of nitrogens with one attached hydrogen (secondary N) is 1. The van der Waals surface area contributed by atoms with E-state index in [0.717, 1.165) is 16.0 Å². The second-order valence-corrected chi connectivity index (χ2v) is 6.91. The summed E-state index contributed by atoms with van der Waals surface area (Å²) in [6.07, 6.45) is 0. The molecule has 0 aliphatic heterocycles. The summed E-state index contributed by atoms with van der Waals surface area (Å²) in [6.45, 7) is 3.65. The number of hydrogen-bond acceptors (Lipinski definition) is 3. The predicted octanol–water partition coefficient (Wildman–Crippen LogP) is 4.94. The summed E-state index contributed by atoms with van der Waals surface area (Å²) in [5, 5.41) is 4.13. The maximum Gasteiger partial charge on any atom is 0.230 e. The van der Waals surface area contributed by atoms with Gasteiger partial charge in [-0.2, -0.15) is 0 Å². The molecule has 2 rings (SSSR count). The Bertz CT molecular complexity index is 694. The normalized spacial score (nSPS) is 10.6. The molecule has 24 heavy (non-hydrogen) atoms. The van der Waals surface area contributed by atoms with Gasteiger partial charge in [0.05, 0.1) is 17.4 Å². The zero-order valence-electron chi connectivity index (χ0n) is 13.4. The molecule has 0 saturated heterocycles. The third-order valence-corrected chi connectivity index (χ3v) is 5.04. The number of carbonyl (C=O) groups is 1. The number of carbonyl (C=O) groups excluding carboxylic acids is 1. The average molecular weight is 384 g/mol. The fourth-order valence-corrected chi connectivity index (χ4v) is 3.38. The van der Waals surface area contributed by atoms with Gasteiger partial charge in [0.2, 0.25) is 5.91 Å². The van der Waals surface area contributed by atoms with Crippen LogP contribution in [0.4, 0.5) is 0 Å². The Kier molecular flexibility index (Phi) is 7.92. The second kappa shape index (κ2) is 9.94. The second-order valence-electron chi connectivity index (χ2n) is 5.05. The summed E-state index contributed by atoms with van der Waals surface area (Å²) in [5.41, 5.74) is 2.15. The summed E-state index contributed by atoms with van der Waals surface area (Å²) >= 11 is 13.4. The molecule has 0 aliphatic carbocycles. The van der Waals surface area contributed by atoms with Crippen molar-refractivity contribution in [3.63, 3.8) is 0 Å². The van der Waals surface area contributed by atoms with Crippen LogP contribution in [0.15, 0.2) is 47.4 Å². The maximum atomic E-state index is 12.1. The lowest BCUT2D eigenvalue weighted by Crippen LogP contribution is -2.25. The highest BCUT2D eigenvalue weighted by Crippen LogP contribution is 2.29. The van der Waals surface area contributed by atoms with E-state index in [4.69, 9.17) is 27.9 Å². The van der Waals surface area contributed by atoms with Crippen LogP contribution in [0.1, 0.15) is 18.1 Å². The van der Waals surface area contributed by atoms with Crippen LogP contribution in [0.25, 0.3) is 0 Å². The Morgan fingerprint density at radius 1 is 1.17 bits per heavy atom. The number of thioether (sulfide) groups is 1. The molecule has 1 N–H and O–H groups in total. The first-order valence-electron chi connectivity index (χ1n) is 7.59. The highest BCUT2D eigenvalue weighted by atomic mass is 35.5. The van der Waals surface area contributed by atoms with E-state index in [-0.39, 0.29) is 11.7 Å². The molecule has 0 fully saturated rings. The molecule has 0 radical (unpaired) electrons. The van der Waals surface area contributed by atoms with Gasteiger partial charge in [0, 0.05) is 23.1 Å². The Hall–Kier alpha value is -1.20. The molecule has 0 aliphatic rings. The molecular formula is C18H19Cl2NO2S. The van der Waals surface area contributed by atoms with E-state index >= 15 is 0 Å². The van der Waals surface area contributed by atoms with Crippen LogP contribution in [0, 0.1) is 0 Å². The topological polar surface area (TPSA) is 38.3 Å². The smallest absolute Gasteiger partial charge is 0.230 e. The Morgan fingerprint density at radius 2 is 1.92 bits per heavy atom. The quantitative estimate of drug-likeness (QED) is 0.656. The van der Waals surface area contributed by atoms with E-state index in [2.05, 4.69) is 5.32 Å². The van der Waals surface area contributed by atoms with Crippen LogP contribution in [0.3, 0.4) is 0 Å². The van der Waals surface area contributed by atoms with Gasteiger partial charge in [-0.3, -0.25) is 4.79 Å². The Labute approximate surface area is 156 Å². The van der Waals surface area contributed by atoms with Crippen molar-refractivity contribution in [2.75, 3.05) is 12.4 Å². The predicted molar refractivity (Wildman–Crippen MR) is 101 cm³/mol. The molecule has 0 spiro atoms. The van der Waals surface area contributed by atoms with Crippen molar-refractivity contribution in [2.45, 2.75) is 25.0 Å². The standard InChI is InChI=1S/C18H19Cl2NO2S/c1-2-23-11-14-6-4-3-5-13(14)10-21-18(22)12-24-17-9-15(19)7-8-16(17)20/h3-9H,2,10-12H2,1H3,(H,21,22). The molecule has 2 aromatic rings. The van der Waals surface area contributed by atoms with Crippen molar-refractivity contribution in [3.8, 4) is 0 Å². The fraction of sp³-hybridized carbons (Fsp3) is 0.278. The number of benzene rings is 2. The van der Waals surface area contributed by atoms with E-state index in [9.17, 15) is 4.79 Å². The summed E-state index contributed by atoms with van der Waals surface area (Å²) in [5.74, 6) is 0.232. The van der Waals surface area contributed by atoms with Crippen LogP contribution < -0.4 is 5.32 Å². The monoisotopic (exact) mass is 383 g/mol. The van der Waals surface area contributed by atoms with Crippen molar-refractivity contribution in [3.05, 3.63) is 63.6 Å². The van der Waals surface area contributed by atoms with Gasteiger partial charge in [-0.05, 0) is 36.2 Å². The zero-order valence-corrected chi connectivity index (χ0v) is 15.7. The van der Waals surface area contributed by atoms with Crippen molar-refractivity contribution in [1.82, 2.24) is 5.32 Å². The van der Waals surface area contributed by atoms with E-state index in [0.29, 0.717) is 29.8 Å². The first kappa shape index (κ1) is 19.1. The fourth-order valence-electron chi connectivity index (χ4n) is 2.06. The van der Waals surface area contributed by atoms with Gasteiger partial charge >= 0.3 is 0 Å². The van der Waals surface area contributed by atoms with Gasteiger partial charge in [-0.1, -0.05) is 47.5 Å². The number of rotatable bonds is 8. The number of halogens is 2. The SMILES string of the molecule is CCOCc1ccccc1CNC(=O)CSc1cc(Cl)ccc1Cl. The van der Waals surface area contributed by atoms with Crippen LogP contribution in [0.2, 0.25) is 10.0 Å². The largest absolute Gasteiger partial charge is 0.377 e. The molecular weight excluding hydrogens is 365 g/mol. The lowest BCUT2D eigenvalue weighted by atomic mass is 10.1. The molecule has 0 unspecified atom stereocenters.